The molecule has 0 N–H and O–H groups in total. The summed E-state index contributed by atoms with van der Waals surface area (Å²) in [6.45, 7) is 3.46. The second kappa shape index (κ2) is 7.52. The van der Waals surface area contributed by atoms with Crippen molar-refractivity contribution in [1.29, 1.82) is 0 Å². The molecule has 0 atom stereocenters. The van der Waals surface area contributed by atoms with Crippen LogP contribution >= 0.6 is 0 Å². The number of piperidine rings is 1. The summed E-state index contributed by atoms with van der Waals surface area (Å²) < 4.78 is 4.01. The van der Waals surface area contributed by atoms with Crippen molar-refractivity contribution in [3.8, 4) is 0 Å². The third-order valence-corrected chi connectivity index (χ3v) is 5.34. The maximum atomic E-state index is 13.0. The van der Waals surface area contributed by atoms with Gasteiger partial charge in [0.15, 0.2) is 0 Å². The third-order valence-electron chi connectivity index (χ3n) is 5.34. The van der Waals surface area contributed by atoms with Crippen LogP contribution in [0.4, 0.5) is 0 Å². The van der Waals surface area contributed by atoms with E-state index >= 15 is 0 Å². The van der Waals surface area contributed by atoms with Crippen LogP contribution in [0.3, 0.4) is 0 Å². The molecule has 7 nitrogen and oxygen atoms in total. The molecule has 0 bridgehead atoms. The Balaban J connectivity index is 1.42. The van der Waals surface area contributed by atoms with Gasteiger partial charge in [-0.05, 0) is 39.1 Å². The number of hydrogen-bond acceptors (Lipinski definition) is 4. The summed E-state index contributed by atoms with van der Waals surface area (Å²) in [7, 11) is 4.17. The number of imidazole rings is 1. The molecule has 0 aromatic carbocycles. The fraction of sp³-hybridized carbons (Fsp3) is 0.450. The van der Waals surface area contributed by atoms with E-state index in [-0.39, 0.29) is 5.91 Å². The first kappa shape index (κ1) is 17.7. The molecule has 4 rings (SSSR count). The maximum absolute atomic E-state index is 13.0. The summed E-state index contributed by atoms with van der Waals surface area (Å²) in [5.41, 5.74) is 1.55. The average Bonchev–Trinajstić information content (AvgIpc) is 3.33. The van der Waals surface area contributed by atoms with E-state index < -0.39 is 0 Å². The van der Waals surface area contributed by atoms with Crippen LogP contribution in [0.5, 0.6) is 0 Å². The van der Waals surface area contributed by atoms with Crippen molar-refractivity contribution in [2.24, 2.45) is 0 Å². The molecule has 142 valence electrons. The van der Waals surface area contributed by atoms with E-state index in [2.05, 4.69) is 39.8 Å². The highest BCUT2D eigenvalue weighted by atomic mass is 16.2. The van der Waals surface area contributed by atoms with Crippen molar-refractivity contribution in [3.05, 3.63) is 54.4 Å². The number of likely N-dealkylation sites (N-methyl/N-ethyl adjacent to an activating group) is 1. The largest absolute Gasteiger partial charge is 0.338 e. The summed E-state index contributed by atoms with van der Waals surface area (Å²) in [6, 6.07) is 5.79. The van der Waals surface area contributed by atoms with Gasteiger partial charge in [0.25, 0.3) is 5.91 Å². The molecule has 0 saturated carbocycles. The molecular weight excluding hydrogens is 340 g/mol. The van der Waals surface area contributed by atoms with E-state index in [0.717, 1.165) is 50.4 Å². The second-order valence-corrected chi connectivity index (χ2v) is 7.44. The van der Waals surface area contributed by atoms with E-state index in [1.165, 1.54) is 0 Å². The summed E-state index contributed by atoms with van der Waals surface area (Å²) >= 11 is 0. The minimum atomic E-state index is 0.0746. The van der Waals surface area contributed by atoms with Gasteiger partial charge in [-0.3, -0.25) is 4.79 Å². The number of carbonyl (C=O) groups is 1. The molecular formula is C20H26N6O. The maximum Gasteiger partial charge on any atom is 0.257 e. The molecule has 1 aliphatic heterocycles. The molecule has 1 aliphatic rings. The first-order chi connectivity index (χ1) is 13.1. The lowest BCUT2D eigenvalue weighted by atomic mass is 9.95. The van der Waals surface area contributed by atoms with Crippen LogP contribution in [0.1, 0.15) is 34.9 Å². The number of rotatable bonds is 5. The van der Waals surface area contributed by atoms with E-state index in [4.69, 9.17) is 0 Å². The molecule has 0 radical (unpaired) electrons. The van der Waals surface area contributed by atoms with Crippen molar-refractivity contribution in [2.75, 3.05) is 33.7 Å². The van der Waals surface area contributed by atoms with Crippen molar-refractivity contribution in [1.82, 2.24) is 29.0 Å². The van der Waals surface area contributed by atoms with Crippen LogP contribution in [0.25, 0.3) is 5.52 Å². The van der Waals surface area contributed by atoms with E-state index in [0.29, 0.717) is 11.5 Å². The highest BCUT2D eigenvalue weighted by Crippen LogP contribution is 2.28. The van der Waals surface area contributed by atoms with Crippen LogP contribution in [-0.4, -0.2) is 68.6 Å². The van der Waals surface area contributed by atoms with Gasteiger partial charge in [0, 0.05) is 50.7 Å². The van der Waals surface area contributed by atoms with Gasteiger partial charge in [0.1, 0.15) is 5.82 Å². The Morgan fingerprint density at radius 3 is 2.81 bits per heavy atom. The van der Waals surface area contributed by atoms with Crippen LogP contribution < -0.4 is 0 Å². The van der Waals surface area contributed by atoms with E-state index in [1.54, 1.807) is 10.7 Å². The molecule has 1 amide bonds. The third kappa shape index (κ3) is 3.60. The van der Waals surface area contributed by atoms with E-state index in [1.807, 2.05) is 35.5 Å². The monoisotopic (exact) mass is 366 g/mol. The summed E-state index contributed by atoms with van der Waals surface area (Å²) in [4.78, 5) is 21.7. The Labute approximate surface area is 159 Å². The summed E-state index contributed by atoms with van der Waals surface area (Å²) in [5.74, 6) is 1.64. The number of fused-ring (bicyclic) bond motifs is 1. The van der Waals surface area contributed by atoms with Gasteiger partial charge in [-0.25, -0.2) is 9.50 Å². The Morgan fingerprint density at radius 2 is 2.04 bits per heavy atom. The molecule has 3 aromatic heterocycles. The minimum absolute atomic E-state index is 0.0746. The fourth-order valence-electron chi connectivity index (χ4n) is 3.79. The number of amides is 1. The van der Waals surface area contributed by atoms with Gasteiger partial charge in [0.05, 0.1) is 17.3 Å². The van der Waals surface area contributed by atoms with Crippen LogP contribution in [0, 0.1) is 0 Å². The molecule has 27 heavy (non-hydrogen) atoms. The smallest absolute Gasteiger partial charge is 0.257 e. The minimum Gasteiger partial charge on any atom is -0.338 e. The number of pyridine rings is 1. The highest BCUT2D eigenvalue weighted by molar-refractivity contribution is 6.00. The number of carbonyl (C=O) groups excluding carboxylic acids is 1. The number of likely N-dealkylation sites (tertiary alicyclic amines) is 1. The Morgan fingerprint density at radius 1 is 1.22 bits per heavy atom. The molecule has 1 saturated heterocycles. The summed E-state index contributed by atoms with van der Waals surface area (Å²) in [5, 5.41) is 4.29. The topological polar surface area (TPSA) is 58.7 Å². The van der Waals surface area contributed by atoms with Crippen LogP contribution in [0.2, 0.25) is 0 Å². The van der Waals surface area contributed by atoms with Gasteiger partial charge < -0.3 is 14.4 Å². The number of nitrogens with zero attached hydrogens (tertiary/aromatic N) is 6. The van der Waals surface area contributed by atoms with Crippen molar-refractivity contribution < 1.29 is 4.79 Å². The SMILES string of the molecule is CN(C)CCn1ccnc1C1CCN(C(=O)c2cnn3ccccc23)CC1. The Bertz CT molecular complexity index is 919. The lowest BCUT2D eigenvalue weighted by Gasteiger charge is -2.32. The second-order valence-electron chi connectivity index (χ2n) is 7.44. The van der Waals surface area contributed by atoms with Gasteiger partial charge in [-0.15, -0.1) is 0 Å². The lowest BCUT2D eigenvalue weighted by molar-refractivity contribution is 0.0712. The zero-order valence-corrected chi connectivity index (χ0v) is 16.0. The lowest BCUT2D eigenvalue weighted by Crippen LogP contribution is -2.38. The molecule has 1 fully saturated rings. The van der Waals surface area contributed by atoms with Crippen molar-refractivity contribution >= 4 is 11.4 Å². The zero-order valence-electron chi connectivity index (χ0n) is 16.0. The van der Waals surface area contributed by atoms with Gasteiger partial charge >= 0.3 is 0 Å². The van der Waals surface area contributed by atoms with Crippen molar-refractivity contribution in [3.63, 3.8) is 0 Å². The standard InChI is InChI=1S/C20H26N6O/c1-23(2)13-14-24-12-8-21-19(24)16-6-10-25(11-7-16)20(27)17-15-22-26-9-4-3-5-18(17)26/h3-5,8-9,12,15-16H,6-7,10-11,13-14H2,1-2H3. The predicted molar refractivity (Wildman–Crippen MR) is 104 cm³/mol. The zero-order chi connectivity index (χ0) is 18.8. The fourth-order valence-corrected chi connectivity index (χ4v) is 3.79. The van der Waals surface area contributed by atoms with Crippen molar-refractivity contribution in [2.45, 2.75) is 25.3 Å². The summed E-state index contributed by atoms with van der Waals surface area (Å²) in [6.07, 6.45) is 9.40. The van der Waals surface area contributed by atoms with Crippen LogP contribution in [0.15, 0.2) is 43.0 Å². The molecule has 7 heteroatoms. The predicted octanol–water partition coefficient (Wildman–Crippen LogP) is 2.11. The van der Waals surface area contributed by atoms with E-state index in [9.17, 15) is 4.79 Å². The molecule has 0 aliphatic carbocycles. The average molecular weight is 366 g/mol. The van der Waals surface area contributed by atoms with Gasteiger partial charge in [0.2, 0.25) is 0 Å². The quantitative estimate of drug-likeness (QED) is 0.694. The normalized spacial score (nSPS) is 15.7. The Kier molecular flexibility index (Phi) is 4.94. The van der Waals surface area contributed by atoms with Gasteiger partial charge in [-0.1, -0.05) is 6.07 Å². The molecule has 3 aromatic rings. The highest BCUT2D eigenvalue weighted by Gasteiger charge is 2.28. The van der Waals surface area contributed by atoms with Gasteiger partial charge in [-0.2, -0.15) is 5.10 Å². The number of hydrogen-bond donors (Lipinski definition) is 0. The Hall–Kier alpha value is -2.67. The first-order valence-electron chi connectivity index (χ1n) is 9.51. The molecule has 4 heterocycles. The molecule has 0 spiro atoms. The number of aromatic nitrogens is 4. The first-order valence-corrected chi connectivity index (χ1v) is 9.51. The molecule has 0 unspecified atom stereocenters. The van der Waals surface area contributed by atoms with Crippen LogP contribution in [-0.2, 0) is 6.54 Å².